The molecule has 2 aromatic heterocycles. The summed E-state index contributed by atoms with van der Waals surface area (Å²) in [5.74, 6) is 5.67. The average molecular weight is 397 g/mol. The van der Waals surface area contributed by atoms with Crippen LogP contribution in [0, 0.1) is 11.8 Å². The molecule has 5 atom stereocenters. The summed E-state index contributed by atoms with van der Waals surface area (Å²) < 4.78 is 5.42. The number of aromatic nitrogens is 3. The van der Waals surface area contributed by atoms with Gasteiger partial charge in [-0.1, -0.05) is 11.8 Å². The highest BCUT2D eigenvalue weighted by atomic mass is 16.5. The van der Waals surface area contributed by atoms with Gasteiger partial charge < -0.3 is 30.1 Å². The van der Waals surface area contributed by atoms with E-state index >= 15 is 0 Å². The van der Waals surface area contributed by atoms with E-state index in [1.54, 1.807) is 24.5 Å². The molecule has 1 saturated heterocycles. The van der Waals surface area contributed by atoms with E-state index in [0.29, 0.717) is 16.6 Å². The molecule has 6 N–H and O–H groups in total. The van der Waals surface area contributed by atoms with Crippen molar-refractivity contribution in [2.75, 3.05) is 6.61 Å². The highest BCUT2D eigenvalue weighted by molar-refractivity contribution is 5.89. The minimum atomic E-state index is -1.49. The van der Waals surface area contributed by atoms with Gasteiger partial charge in [-0.15, -0.1) is 0 Å². The van der Waals surface area contributed by atoms with Crippen LogP contribution in [0.25, 0.3) is 22.0 Å². The number of H-pyrrole nitrogens is 2. The molecule has 1 fully saturated rings. The maximum atomic E-state index is 11.6. The SMILES string of the molecule is O=c1cc(-c2cc(C#CC3OC(CO)[C@@H](O)C(O)C3O)c3[nH]ncc3c2)cc[nH]1. The molecule has 29 heavy (non-hydrogen) atoms. The largest absolute Gasteiger partial charge is 0.394 e. The molecule has 9 heteroatoms. The van der Waals surface area contributed by atoms with Gasteiger partial charge in [-0.3, -0.25) is 9.89 Å². The van der Waals surface area contributed by atoms with Crippen molar-refractivity contribution < 1.29 is 25.2 Å². The van der Waals surface area contributed by atoms with Crippen LogP contribution in [0.5, 0.6) is 0 Å². The first-order valence-corrected chi connectivity index (χ1v) is 8.96. The first kappa shape index (κ1) is 19.3. The summed E-state index contributed by atoms with van der Waals surface area (Å²) in [6.45, 7) is -0.522. The van der Waals surface area contributed by atoms with Crippen molar-refractivity contribution in [1.82, 2.24) is 15.2 Å². The van der Waals surface area contributed by atoms with E-state index in [1.807, 2.05) is 6.07 Å². The number of pyridine rings is 1. The topological polar surface area (TPSA) is 152 Å². The molecule has 4 unspecified atom stereocenters. The van der Waals surface area contributed by atoms with E-state index in [0.717, 1.165) is 10.9 Å². The molecule has 4 rings (SSSR count). The molecule has 1 aliphatic rings. The number of nitrogens with zero attached hydrogens (tertiary/aromatic N) is 1. The van der Waals surface area contributed by atoms with E-state index < -0.39 is 37.1 Å². The Kier molecular flexibility index (Phi) is 5.19. The number of ether oxygens (including phenoxy) is 1. The second kappa shape index (κ2) is 7.79. The second-order valence-corrected chi connectivity index (χ2v) is 6.82. The van der Waals surface area contributed by atoms with Crippen LogP contribution in [0.2, 0.25) is 0 Å². The summed E-state index contributed by atoms with van der Waals surface area (Å²) in [6.07, 6.45) is -3.31. The molecule has 9 nitrogen and oxygen atoms in total. The summed E-state index contributed by atoms with van der Waals surface area (Å²) >= 11 is 0. The van der Waals surface area contributed by atoms with Crippen molar-refractivity contribution in [3.8, 4) is 23.0 Å². The van der Waals surface area contributed by atoms with Crippen LogP contribution >= 0.6 is 0 Å². The zero-order valence-corrected chi connectivity index (χ0v) is 15.1. The van der Waals surface area contributed by atoms with Gasteiger partial charge in [0.05, 0.1) is 23.9 Å². The lowest BCUT2D eigenvalue weighted by atomic mass is 9.95. The van der Waals surface area contributed by atoms with Crippen molar-refractivity contribution in [2.24, 2.45) is 0 Å². The number of aliphatic hydroxyl groups excluding tert-OH is 4. The molecule has 0 aliphatic carbocycles. The monoisotopic (exact) mass is 397 g/mol. The van der Waals surface area contributed by atoms with Crippen LogP contribution < -0.4 is 5.56 Å². The van der Waals surface area contributed by atoms with E-state index in [2.05, 4.69) is 27.0 Å². The fraction of sp³-hybridized carbons (Fsp3) is 0.300. The maximum absolute atomic E-state index is 11.6. The molecule has 150 valence electrons. The zero-order chi connectivity index (χ0) is 20.5. The molecule has 0 saturated carbocycles. The van der Waals surface area contributed by atoms with E-state index in [1.165, 1.54) is 6.07 Å². The first-order chi connectivity index (χ1) is 14.0. The smallest absolute Gasteiger partial charge is 0.248 e. The maximum Gasteiger partial charge on any atom is 0.248 e. The van der Waals surface area contributed by atoms with Crippen molar-refractivity contribution in [1.29, 1.82) is 0 Å². The average Bonchev–Trinajstić information content (AvgIpc) is 3.20. The number of aliphatic hydroxyl groups is 4. The van der Waals surface area contributed by atoms with Gasteiger partial charge in [0.25, 0.3) is 0 Å². The van der Waals surface area contributed by atoms with Gasteiger partial charge in [0.15, 0.2) is 0 Å². The number of rotatable bonds is 2. The molecule has 1 aliphatic heterocycles. The third-order valence-corrected chi connectivity index (χ3v) is 4.90. The molecule has 0 spiro atoms. The molecular weight excluding hydrogens is 378 g/mol. The van der Waals surface area contributed by atoms with Crippen molar-refractivity contribution in [2.45, 2.75) is 30.5 Å². The number of nitrogens with one attached hydrogen (secondary N) is 2. The molecular formula is C20H19N3O6. The first-order valence-electron chi connectivity index (χ1n) is 8.96. The number of hydrogen-bond acceptors (Lipinski definition) is 7. The van der Waals surface area contributed by atoms with Gasteiger partial charge in [0, 0.05) is 17.6 Å². The Balaban J connectivity index is 1.73. The minimum absolute atomic E-state index is 0.233. The predicted octanol–water partition coefficient (Wildman–Crippen LogP) is -0.888. The normalized spacial score (nSPS) is 26.8. The standard InChI is InChI=1S/C20H19N3O6/c24-9-15-19(27)20(28)18(26)14(29-15)2-1-11-5-12(6-13-8-22-23-17(11)13)10-3-4-21-16(25)7-10/h3-8,14-15,18-20,24,26-28H,9H2,(H,21,25)(H,22,23)/t14?,15?,18?,19-,20?/m1/s1. The van der Waals surface area contributed by atoms with Crippen LogP contribution in [0.15, 0.2) is 41.5 Å². The van der Waals surface area contributed by atoms with E-state index in [4.69, 9.17) is 4.74 Å². The Morgan fingerprint density at radius 1 is 1.10 bits per heavy atom. The van der Waals surface area contributed by atoms with Gasteiger partial charge in [-0.05, 0) is 29.3 Å². The van der Waals surface area contributed by atoms with Crippen LogP contribution in [0.1, 0.15) is 5.56 Å². The third kappa shape index (κ3) is 3.67. The van der Waals surface area contributed by atoms with Crippen LogP contribution in [0.4, 0.5) is 0 Å². The molecule has 1 aromatic carbocycles. The number of aromatic amines is 2. The summed E-state index contributed by atoms with van der Waals surface area (Å²) in [4.78, 5) is 14.2. The van der Waals surface area contributed by atoms with Gasteiger partial charge in [-0.2, -0.15) is 5.10 Å². The number of fused-ring (bicyclic) bond motifs is 1. The number of hydrogen-bond donors (Lipinski definition) is 6. The molecule has 0 bridgehead atoms. The summed E-state index contributed by atoms with van der Waals surface area (Å²) in [7, 11) is 0. The van der Waals surface area contributed by atoms with Crippen LogP contribution in [-0.4, -0.2) is 72.7 Å². The quantitative estimate of drug-likeness (QED) is 0.307. The minimum Gasteiger partial charge on any atom is -0.394 e. The lowest BCUT2D eigenvalue weighted by Crippen LogP contribution is -2.58. The molecule has 3 heterocycles. The Hall–Kier alpha value is -3.00. The van der Waals surface area contributed by atoms with E-state index in [-0.39, 0.29) is 5.56 Å². The Morgan fingerprint density at radius 3 is 2.69 bits per heavy atom. The summed E-state index contributed by atoms with van der Waals surface area (Å²) in [5, 5.41) is 46.9. The van der Waals surface area contributed by atoms with E-state index in [9.17, 15) is 25.2 Å². The van der Waals surface area contributed by atoms with Gasteiger partial charge >= 0.3 is 0 Å². The zero-order valence-electron chi connectivity index (χ0n) is 15.1. The second-order valence-electron chi connectivity index (χ2n) is 6.82. The summed E-state index contributed by atoms with van der Waals surface area (Å²) in [6, 6.07) is 6.87. The van der Waals surface area contributed by atoms with Gasteiger partial charge in [-0.25, -0.2) is 0 Å². The lowest BCUT2D eigenvalue weighted by molar-refractivity contribution is -0.214. The van der Waals surface area contributed by atoms with Gasteiger partial charge in [0.2, 0.25) is 5.56 Å². The van der Waals surface area contributed by atoms with Crippen molar-refractivity contribution in [3.05, 3.63) is 52.6 Å². The molecule has 0 amide bonds. The highest BCUT2D eigenvalue weighted by Crippen LogP contribution is 2.26. The molecule has 0 radical (unpaired) electrons. The third-order valence-electron chi connectivity index (χ3n) is 4.90. The number of benzene rings is 1. The van der Waals surface area contributed by atoms with Gasteiger partial charge in [0.1, 0.15) is 30.5 Å². The fourth-order valence-electron chi connectivity index (χ4n) is 3.32. The fourth-order valence-corrected chi connectivity index (χ4v) is 3.32. The van der Waals surface area contributed by atoms with Crippen LogP contribution in [-0.2, 0) is 4.74 Å². The lowest BCUT2D eigenvalue weighted by Gasteiger charge is -2.37. The Bertz CT molecular complexity index is 1140. The molecule has 3 aromatic rings. The van der Waals surface area contributed by atoms with Crippen molar-refractivity contribution >= 4 is 10.9 Å². The van der Waals surface area contributed by atoms with Crippen LogP contribution in [0.3, 0.4) is 0 Å². The summed E-state index contributed by atoms with van der Waals surface area (Å²) in [5.41, 5.74) is 2.43. The predicted molar refractivity (Wildman–Crippen MR) is 103 cm³/mol. The highest BCUT2D eigenvalue weighted by Gasteiger charge is 2.42. The Morgan fingerprint density at radius 2 is 1.93 bits per heavy atom. The van der Waals surface area contributed by atoms with Crippen molar-refractivity contribution in [3.63, 3.8) is 0 Å². The Labute approximate surface area is 164 Å².